The maximum Gasteiger partial charge on any atom is 0.251 e. The van der Waals surface area contributed by atoms with Gasteiger partial charge in [0.2, 0.25) is 0 Å². The molecule has 0 bridgehead atoms. The first kappa shape index (κ1) is 16.6. The number of aliphatic hydroxyl groups is 1. The van der Waals surface area contributed by atoms with E-state index in [0.29, 0.717) is 49.3 Å². The average Bonchev–Trinajstić information content (AvgIpc) is 3.03. The minimum absolute atomic E-state index is 0.0883. The predicted molar refractivity (Wildman–Crippen MR) is 90.1 cm³/mol. The molecule has 7 heteroatoms. The number of ether oxygens (including phenoxy) is 3. The normalized spacial score (nSPS) is 28.4. The minimum atomic E-state index is -0.0883. The van der Waals surface area contributed by atoms with E-state index in [0.717, 1.165) is 19.5 Å². The molecular weight excluding hydrogens is 324 g/mol. The summed E-state index contributed by atoms with van der Waals surface area (Å²) in [5, 5.41) is 12.2. The highest BCUT2D eigenvalue weighted by atomic mass is 16.6. The van der Waals surface area contributed by atoms with Gasteiger partial charge in [-0.15, -0.1) is 0 Å². The van der Waals surface area contributed by atoms with Gasteiger partial charge in [0.05, 0.1) is 12.7 Å². The molecule has 1 aromatic carbocycles. The zero-order chi connectivity index (χ0) is 17.2. The van der Waals surface area contributed by atoms with Crippen molar-refractivity contribution < 1.29 is 24.1 Å². The molecule has 0 aromatic heterocycles. The third-order valence-electron chi connectivity index (χ3n) is 5.08. The fourth-order valence-electron chi connectivity index (χ4n) is 3.82. The number of hydrogen-bond donors (Lipinski definition) is 2. The van der Waals surface area contributed by atoms with E-state index in [1.807, 2.05) is 0 Å². The Kier molecular flexibility index (Phi) is 4.78. The quantitative estimate of drug-likeness (QED) is 0.821. The van der Waals surface area contributed by atoms with Crippen LogP contribution in [0.4, 0.5) is 0 Å². The Balaban J connectivity index is 1.36. The lowest BCUT2D eigenvalue weighted by Gasteiger charge is -2.34. The van der Waals surface area contributed by atoms with Crippen molar-refractivity contribution in [1.29, 1.82) is 0 Å². The van der Waals surface area contributed by atoms with Crippen LogP contribution < -0.4 is 14.8 Å². The summed E-state index contributed by atoms with van der Waals surface area (Å²) in [6, 6.07) is 5.76. The summed E-state index contributed by atoms with van der Waals surface area (Å²) in [5.41, 5.74) is 0.587. The molecule has 3 heterocycles. The van der Waals surface area contributed by atoms with E-state index in [9.17, 15) is 4.79 Å². The number of carbonyl (C=O) groups excluding carboxylic acids is 1. The van der Waals surface area contributed by atoms with Gasteiger partial charge in [0.1, 0.15) is 13.2 Å². The highest BCUT2D eigenvalue weighted by Gasteiger charge is 2.37. The van der Waals surface area contributed by atoms with Crippen LogP contribution in [-0.2, 0) is 4.74 Å². The molecule has 3 aliphatic rings. The average molecular weight is 348 g/mol. The van der Waals surface area contributed by atoms with Crippen LogP contribution in [0.25, 0.3) is 0 Å². The molecule has 25 heavy (non-hydrogen) atoms. The van der Waals surface area contributed by atoms with Gasteiger partial charge in [0.25, 0.3) is 5.91 Å². The Morgan fingerprint density at radius 2 is 2.08 bits per heavy atom. The van der Waals surface area contributed by atoms with Crippen LogP contribution in [-0.4, -0.2) is 73.6 Å². The standard InChI is InChI=1S/C18H24N2O5/c21-4-3-15-10-20-9-13(8-14(20)11-25-15)19-18(22)12-1-2-16-17(7-12)24-6-5-23-16/h1-2,7,13-15,21H,3-6,8-11H2,(H,19,22)/t13-,14+,15+/m1/s1. The second-order valence-electron chi connectivity index (χ2n) is 6.84. The molecule has 2 saturated heterocycles. The first-order valence-corrected chi connectivity index (χ1v) is 8.90. The van der Waals surface area contributed by atoms with Crippen molar-refractivity contribution >= 4 is 5.91 Å². The molecule has 1 amide bonds. The van der Waals surface area contributed by atoms with Crippen LogP contribution in [0.2, 0.25) is 0 Å². The van der Waals surface area contributed by atoms with Crippen LogP contribution >= 0.6 is 0 Å². The van der Waals surface area contributed by atoms with Crippen molar-refractivity contribution in [3.8, 4) is 11.5 Å². The molecule has 1 aromatic rings. The SMILES string of the molecule is O=C(N[C@@H]1C[C@H]2CO[C@@H](CCO)CN2C1)c1ccc2c(c1)OCCO2. The van der Waals surface area contributed by atoms with E-state index in [4.69, 9.17) is 19.3 Å². The highest BCUT2D eigenvalue weighted by molar-refractivity contribution is 5.95. The minimum Gasteiger partial charge on any atom is -0.486 e. The van der Waals surface area contributed by atoms with Gasteiger partial charge < -0.3 is 24.6 Å². The number of carbonyl (C=O) groups is 1. The summed E-state index contributed by atoms with van der Waals surface area (Å²) in [6.07, 6.45) is 1.65. The van der Waals surface area contributed by atoms with Crippen molar-refractivity contribution in [3.63, 3.8) is 0 Å². The van der Waals surface area contributed by atoms with Crippen molar-refractivity contribution in [2.45, 2.75) is 31.0 Å². The van der Waals surface area contributed by atoms with Crippen LogP contribution in [0, 0.1) is 0 Å². The lowest BCUT2D eigenvalue weighted by molar-refractivity contribution is -0.0566. The van der Waals surface area contributed by atoms with E-state index < -0.39 is 0 Å². The van der Waals surface area contributed by atoms with Crippen molar-refractivity contribution in [2.24, 2.45) is 0 Å². The van der Waals surface area contributed by atoms with Gasteiger partial charge in [-0.2, -0.15) is 0 Å². The number of nitrogens with zero attached hydrogens (tertiary/aromatic N) is 1. The first-order valence-electron chi connectivity index (χ1n) is 8.90. The number of amides is 1. The number of fused-ring (bicyclic) bond motifs is 2. The van der Waals surface area contributed by atoms with Crippen molar-refractivity contribution in [2.75, 3.05) is 39.5 Å². The summed E-state index contributed by atoms with van der Waals surface area (Å²) in [6.45, 7) is 3.51. The summed E-state index contributed by atoms with van der Waals surface area (Å²) >= 11 is 0. The van der Waals surface area contributed by atoms with Gasteiger partial charge in [0.15, 0.2) is 11.5 Å². The van der Waals surface area contributed by atoms with Crippen LogP contribution in [0.5, 0.6) is 11.5 Å². The van der Waals surface area contributed by atoms with Crippen LogP contribution in [0.3, 0.4) is 0 Å². The Bertz CT molecular complexity index is 638. The van der Waals surface area contributed by atoms with E-state index in [-0.39, 0.29) is 24.7 Å². The Labute approximate surface area is 146 Å². The Hall–Kier alpha value is -1.83. The first-order chi connectivity index (χ1) is 12.2. The molecular formula is C18H24N2O5. The number of aliphatic hydroxyl groups excluding tert-OH is 1. The largest absolute Gasteiger partial charge is 0.486 e. The maximum absolute atomic E-state index is 12.6. The molecule has 136 valence electrons. The Morgan fingerprint density at radius 1 is 1.24 bits per heavy atom. The van der Waals surface area contributed by atoms with Gasteiger partial charge in [-0.3, -0.25) is 9.69 Å². The van der Waals surface area contributed by atoms with E-state index in [1.54, 1.807) is 18.2 Å². The summed E-state index contributed by atoms with van der Waals surface area (Å²) in [5.74, 6) is 1.23. The Morgan fingerprint density at radius 3 is 2.92 bits per heavy atom. The third kappa shape index (κ3) is 3.58. The molecule has 7 nitrogen and oxygen atoms in total. The second kappa shape index (κ2) is 7.19. The fraction of sp³-hybridized carbons (Fsp3) is 0.611. The number of morpholine rings is 1. The van der Waals surface area contributed by atoms with E-state index in [2.05, 4.69) is 10.2 Å². The molecule has 0 saturated carbocycles. The van der Waals surface area contributed by atoms with Crippen molar-refractivity contribution in [3.05, 3.63) is 23.8 Å². The number of rotatable bonds is 4. The molecule has 2 fully saturated rings. The topological polar surface area (TPSA) is 80.3 Å². The molecule has 0 aliphatic carbocycles. The zero-order valence-electron chi connectivity index (χ0n) is 14.1. The number of nitrogens with one attached hydrogen (secondary N) is 1. The fourth-order valence-corrected chi connectivity index (χ4v) is 3.82. The number of hydrogen-bond acceptors (Lipinski definition) is 6. The van der Waals surface area contributed by atoms with Crippen LogP contribution in [0.1, 0.15) is 23.2 Å². The van der Waals surface area contributed by atoms with Gasteiger partial charge in [-0.1, -0.05) is 0 Å². The lowest BCUT2D eigenvalue weighted by atomic mass is 10.1. The molecule has 0 spiro atoms. The molecule has 4 rings (SSSR count). The third-order valence-corrected chi connectivity index (χ3v) is 5.08. The lowest BCUT2D eigenvalue weighted by Crippen LogP contribution is -2.46. The van der Waals surface area contributed by atoms with E-state index in [1.165, 1.54) is 0 Å². The van der Waals surface area contributed by atoms with Gasteiger partial charge in [0, 0.05) is 37.3 Å². The molecule has 3 aliphatic heterocycles. The molecule has 0 unspecified atom stereocenters. The summed E-state index contributed by atoms with van der Waals surface area (Å²) < 4.78 is 16.8. The summed E-state index contributed by atoms with van der Waals surface area (Å²) in [4.78, 5) is 14.9. The number of benzene rings is 1. The monoisotopic (exact) mass is 348 g/mol. The predicted octanol–water partition coefficient (Wildman–Crippen LogP) is 0.412. The molecule has 2 N–H and O–H groups in total. The van der Waals surface area contributed by atoms with Crippen LogP contribution in [0.15, 0.2) is 18.2 Å². The second-order valence-corrected chi connectivity index (χ2v) is 6.84. The van der Waals surface area contributed by atoms with E-state index >= 15 is 0 Å². The van der Waals surface area contributed by atoms with Gasteiger partial charge in [-0.05, 0) is 31.0 Å². The van der Waals surface area contributed by atoms with Gasteiger partial charge in [-0.25, -0.2) is 0 Å². The summed E-state index contributed by atoms with van der Waals surface area (Å²) in [7, 11) is 0. The van der Waals surface area contributed by atoms with Crippen molar-refractivity contribution in [1.82, 2.24) is 10.2 Å². The van der Waals surface area contributed by atoms with Gasteiger partial charge >= 0.3 is 0 Å². The molecule has 3 atom stereocenters. The molecule has 0 radical (unpaired) electrons. The zero-order valence-corrected chi connectivity index (χ0v) is 14.1. The maximum atomic E-state index is 12.6. The highest BCUT2D eigenvalue weighted by Crippen LogP contribution is 2.31. The smallest absolute Gasteiger partial charge is 0.251 e.